The van der Waals surface area contributed by atoms with Crippen molar-refractivity contribution in [3.63, 3.8) is 0 Å². The molecule has 21 heavy (non-hydrogen) atoms. The molecule has 6 heteroatoms. The zero-order chi connectivity index (χ0) is 15.2. The molecule has 1 amide bonds. The fourth-order valence-electron chi connectivity index (χ4n) is 2.28. The molecule has 2 rings (SSSR count). The predicted octanol–water partition coefficient (Wildman–Crippen LogP) is 0.986. The maximum atomic E-state index is 11.9. The second kappa shape index (κ2) is 7.08. The van der Waals surface area contributed by atoms with E-state index in [1.54, 1.807) is 7.11 Å². The van der Waals surface area contributed by atoms with Crippen LogP contribution >= 0.6 is 0 Å². The van der Waals surface area contributed by atoms with Crippen LogP contribution in [0.25, 0.3) is 0 Å². The average molecular weight is 293 g/mol. The summed E-state index contributed by atoms with van der Waals surface area (Å²) in [5.41, 5.74) is 1.06. The number of rotatable bonds is 6. The van der Waals surface area contributed by atoms with E-state index in [0.29, 0.717) is 25.8 Å². The van der Waals surface area contributed by atoms with E-state index in [0.717, 1.165) is 11.3 Å². The Kier molecular flexibility index (Phi) is 5.16. The van der Waals surface area contributed by atoms with Crippen molar-refractivity contribution in [1.29, 1.82) is 0 Å². The third-order valence-corrected chi connectivity index (χ3v) is 3.43. The number of aliphatic carboxylic acids is 1. The first-order valence-electron chi connectivity index (χ1n) is 6.89. The summed E-state index contributed by atoms with van der Waals surface area (Å²) in [6, 6.07) is 7.63. The molecule has 1 aliphatic rings. The van der Waals surface area contributed by atoms with Gasteiger partial charge in [0.25, 0.3) is 0 Å². The molecule has 6 nitrogen and oxygen atoms in total. The van der Waals surface area contributed by atoms with E-state index in [9.17, 15) is 9.59 Å². The monoisotopic (exact) mass is 293 g/mol. The van der Waals surface area contributed by atoms with Gasteiger partial charge in [0.2, 0.25) is 5.91 Å². The van der Waals surface area contributed by atoms with Crippen LogP contribution in [0, 0.1) is 0 Å². The molecule has 0 radical (unpaired) electrons. The second-order valence-corrected chi connectivity index (χ2v) is 4.92. The van der Waals surface area contributed by atoms with Crippen LogP contribution in [-0.2, 0) is 20.7 Å². The fraction of sp³-hybridized carbons (Fsp3) is 0.467. The molecule has 0 aliphatic carbocycles. The lowest BCUT2D eigenvalue weighted by Crippen LogP contribution is -2.36. The van der Waals surface area contributed by atoms with E-state index < -0.39 is 18.2 Å². The number of methoxy groups -OCH3 is 1. The van der Waals surface area contributed by atoms with Crippen LogP contribution in [0.5, 0.6) is 5.75 Å². The summed E-state index contributed by atoms with van der Waals surface area (Å²) in [5, 5.41) is 11.6. The highest BCUT2D eigenvalue weighted by atomic mass is 16.5. The van der Waals surface area contributed by atoms with Gasteiger partial charge in [-0.25, -0.2) is 4.79 Å². The Morgan fingerprint density at radius 1 is 1.38 bits per heavy atom. The van der Waals surface area contributed by atoms with E-state index in [2.05, 4.69) is 5.32 Å². The molecule has 1 aromatic carbocycles. The van der Waals surface area contributed by atoms with E-state index in [1.807, 2.05) is 24.3 Å². The molecule has 2 unspecified atom stereocenters. The van der Waals surface area contributed by atoms with Crippen LogP contribution in [0.2, 0.25) is 0 Å². The van der Waals surface area contributed by atoms with Crippen molar-refractivity contribution in [2.24, 2.45) is 0 Å². The first kappa shape index (κ1) is 15.3. The van der Waals surface area contributed by atoms with Crippen molar-refractivity contribution in [3.05, 3.63) is 29.8 Å². The summed E-state index contributed by atoms with van der Waals surface area (Å²) in [4.78, 5) is 22.6. The quantitative estimate of drug-likeness (QED) is 0.817. The summed E-state index contributed by atoms with van der Waals surface area (Å²) in [7, 11) is 1.61. The molecule has 114 valence electrons. The minimum absolute atomic E-state index is 0.248. The Balaban J connectivity index is 1.75. The molecule has 1 heterocycles. The second-order valence-electron chi connectivity index (χ2n) is 4.92. The number of ether oxygens (including phenoxy) is 2. The highest BCUT2D eigenvalue weighted by Gasteiger charge is 2.34. The zero-order valence-electron chi connectivity index (χ0n) is 11.9. The third-order valence-electron chi connectivity index (χ3n) is 3.43. The number of carboxylic acids is 1. The van der Waals surface area contributed by atoms with Gasteiger partial charge in [-0.3, -0.25) is 4.79 Å². The van der Waals surface area contributed by atoms with Crippen LogP contribution in [0.3, 0.4) is 0 Å². The maximum absolute atomic E-state index is 11.9. The average Bonchev–Trinajstić information content (AvgIpc) is 2.97. The molecule has 2 atom stereocenters. The molecule has 1 saturated heterocycles. The lowest BCUT2D eigenvalue weighted by Gasteiger charge is -2.12. The minimum atomic E-state index is -1.01. The van der Waals surface area contributed by atoms with E-state index in [1.165, 1.54) is 0 Å². The van der Waals surface area contributed by atoms with E-state index in [4.69, 9.17) is 14.6 Å². The van der Waals surface area contributed by atoms with Gasteiger partial charge in [-0.05, 0) is 37.0 Å². The molecule has 1 aromatic rings. The number of hydrogen-bond acceptors (Lipinski definition) is 4. The highest BCUT2D eigenvalue weighted by Crippen LogP contribution is 2.20. The standard InChI is InChI=1S/C15H19NO5/c1-20-11-4-2-3-10(9-11)7-8-16-14(17)12-5-6-13(21-12)15(18)19/h2-4,9,12-13H,5-8H2,1H3,(H,16,17)(H,18,19). The minimum Gasteiger partial charge on any atom is -0.497 e. The van der Waals surface area contributed by atoms with Gasteiger partial charge >= 0.3 is 5.97 Å². The molecule has 1 fully saturated rings. The summed E-state index contributed by atoms with van der Waals surface area (Å²) >= 11 is 0. The first-order chi connectivity index (χ1) is 10.1. The number of nitrogens with one attached hydrogen (secondary N) is 1. The van der Waals surface area contributed by atoms with Crippen LogP contribution in [0.1, 0.15) is 18.4 Å². The number of carboxylic acid groups (broad SMARTS) is 1. The van der Waals surface area contributed by atoms with Gasteiger partial charge in [0.15, 0.2) is 6.10 Å². The highest BCUT2D eigenvalue weighted by molar-refractivity contribution is 5.82. The number of amides is 1. The van der Waals surface area contributed by atoms with E-state index >= 15 is 0 Å². The molecular formula is C15H19NO5. The van der Waals surface area contributed by atoms with Crippen LogP contribution in [-0.4, -0.2) is 42.8 Å². The number of carbonyl (C=O) groups excluding carboxylic acids is 1. The number of hydrogen-bond donors (Lipinski definition) is 2. The van der Waals surface area contributed by atoms with Gasteiger partial charge in [-0.2, -0.15) is 0 Å². The molecule has 2 N–H and O–H groups in total. The summed E-state index contributed by atoms with van der Waals surface area (Å²) in [6.07, 6.45) is -0.0148. The zero-order valence-corrected chi connectivity index (χ0v) is 11.9. The van der Waals surface area contributed by atoms with Crippen LogP contribution in [0.4, 0.5) is 0 Å². The van der Waals surface area contributed by atoms with Gasteiger partial charge < -0.3 is 19.9 Å². The van der Waals surface area contributed by atoms with Gasteiger partial charge in [-0.15, -0.1) is 0 Å². The van der Waals surface area contributed by atoms with Crippen LogP contribution < -0.4 is 10.1 Å². The normalized spacial score (nSPS) is 21.0. The van der Waals surface area contributed by atoms with E-state index in [-0.39, 0.29) is 5.91 Å². The van der Waals surface area contributed by atoms with Crippen molar-refractivity contribution >= 4 is 11.9 Å². The Bertz CT molecular complexity index is 517. The third kappa shape index (κ3) is 4.19. The largest absolute Gasteiger partial charge is 0.497 e. The summed E-state index contributed by atoms with van der Waals surface area (Å²) in [6.45, 7) is 0.476. The van der Waals surface area contributed by atoms with Crippen molar-refractivity contribution in [3.8, 4) is 5.75 Å². The van der Waals surface area contributed by atoms with Gasteiger partial charge in [0, 0.05) is 6.54 Å². The number of benzene rings is 1. The van der Waals surface area contributed by atoms with Crippen molar-refractivity contribution in [2.45, 2.75) is 31.5 Å². The first-order valence-corrected chi connectivity index (χ1v) is 6.89. The lowest BCUT2D eigenvalue weighted by molar-refractivity contribution is -0.151. The smallest absolute Gasteiger partial charge is 0.332 e. The SMILES string of the molecule is COc1cccc(CCNC(=O)C2CCC(C(=O)O)O2)c1. The Labute approximate surface area is 123 Å². The molecule has 0 aromatic heterocycles. The topological polar surface area (TPSA) is 84.9 Å². The fourth-order valence-corrected chi connectivity index (χ4v) is 2.28. The Morgan fingerprint density at radius 3 is 2.81 bits per heavy atom. The molecule has 1 aliphatic heterocycles. The van der Waals surface area contributed by atoms with Gasteiger partial charge in [0.1, 0.15) is 11.9 Å². The van der Waals surface area contributed by atoms with Crippen molar-refractivity contribution < 1.29 is 24.2 Å². The molecule has 0 bridgehead atoms. The summed E-state index contributed by atoms with van der Waals surface area (Å²) in [5.74, 6) is -0.481. The number of carbonyl (C=O) groups is 2. The van der Waals surface area contributed by atoms with Gasteiger partial charge in [0.05, 0.1) is 7.11 Å². The van der Waals surface area contributed by atoms with Gasteiger partial charge in [-0.1, -0.05) is 12.1 Å². The lowest BCUT2D eigenvalue weighted by atomic mass is 10.1. The molecule has 0 spiro atoms. The molecule has 0 saturated carbocycles. The molecular weight excluding hydrogens is 274 g/mol. The maximum Gasteiger partial charge on any atom is 0.332 e. The predicted molar refractivity (Wildman–Crippen MR) is 75.2 cm³/mol. The van der Waals surface area contributed by atoms with Crippen LogP contribution in [0.15, 0.2) is 24.3 Å². The van der Waals surface area contributed by atoms with Crippen molar-refractivity contribution in [1.82, 2.24) is 5.32 Å². The van der Waals surface area contributed by atoms with Crippen molar-refractivity contribution in [2.75, 3.05) is 13.7 Å². The Hall–Kier alpha value is -2.08. The summed E-state index contributed by atoms with van der Waals surface area (Å²) < 4.78 is 10.3. The Morgan fingerprint density at radius 2 is 2.14 bits per heavy atom.